The third kappa shape index (κ3) is 5.49. The Bertz CT molecular complexity index is 1230. The molecule has 1 aliphatic rings. The number of nitrogens with zero attached hydrogens (tertiary/aromatic N) is 2. The van der Waals surface area contributed by atoms with Gasteiger partial charge in [0.2, 0.25) is 5.95 Å². The summed E-state index contributed by atoms with van der Waals surface area (Å²) in [5.74, 6) is 0.415. The van der Waals surface area contributed by atoms with Gasteiger partial charge in [-0.3, -0.25) is 4.79 Å². The van der Waals surface area contributed by atoms with Crippen molar-refractivity contribution >= 4 is 29.3 Å². The fourth-order valence-electron chi connectivity index (χ4n) is 3.80. The topological polar surface area (TPSA) is 135 Å². The van der Waals surface area contributed by atoms with Crippen LogP contribution in [0.5, 0.6) is 5.75 Å². The van der Waals surface area contributed by atoms with E-state index in [4.69, 9.17) is 9.47 Å². The molecule has 0 aliphatic carbocycles. The van der Waals surface area contributed by atoms with Crippen molar-refractivity contribution in [2.45, 2.75) is 19.4 Å². The molecule has 4 rings (SSSR count). The highest BCUT2D eigenvalue weighted by atomic mass is 16.5. The van der Waals surface area contributed by atoms with Gasteiger partial charge in [0.05, 0.1) is 26.4 Å². The summed E-state index contributed by atoms with van der Waals surface area (Å²) in [7, 11) is 1.56. The average Bonchev–Trinajstić information content (AvgIpc) is 2.87. The number of amides is 1. The second-order valence-electron chi connectivity index (χ2n) is 7.84. The van der Waals surface area contributed by atoms with E-state index in [1.54, 1.807) is 38.3 Å². The van der Waals surface area contributed by atoms with Crippen LogP contribution in [0.25, 0.3) is 0 Å². The van der Waals surface area contributed by atoms with Crippen LogP contribution in [0.15, 0.2) is 48.7 Å². The van der Waals surface area contributed by atoms with E-state index < -0.39 is 12.0 Å². The number of rotatable bonds is 9. The molecule has 35 heavy (non-hydrogen) atoms. The SMILES string of the molecule is CCOC(=O)c1cnc(Nc2ccc3c(c2)CCNC3=O)nc1N[C@H](CO)c1cccc(OC)c1. The molecule has 2 heterocycles. The van der Waals surface area contributed by atoms with Crippen molar-refractivity contribution in [1.82, 2.24) is 15.3 Å². The molecule has 182 valence electrons. The Morgan fingerprint density at radius 1 is 1.26 bits per heavy atom. The quantitative estimate of drug-likeness (QED) is 0.343. The van der Waals surface area contributed by atoms with E-state index in [9.17, 15) is 14.7 Å². The highest BCUT2D eigenvalue weighted by Crippen LogP contribution is 2.26. The Morgan fingerprint density at radius 2 is 2.11 bits per heavy atom. The molecule has 0 fully saturated rings. The van der Waals surface area contributed by atoms with Crippen LogP contribution in [-0.2, 0) is 11.2 Å². The maximum atomic E-state index is 12.6. The number of fused-ring (bicyclic) bond motifs is 1. The zero-order valence-corrected chi connectivity index (χ0v) is 19.5. The molecule has 1 aliphatic heterocycles. The van der Waals surface area contributed by atoms with Crippen LogP contribution in [0.1, 0.15) is 44.8 Å². The standard InChI is InChI=1S/C25H27N5O5/c1-3-35-24(33)20-13-27-25(28-17-7-8-19-15(11-17)9-10-26-23(19)32)30-22(20)29-21(14-31)16-5-4-6-18(12-16)34-2/h4-8,11-13,21,31H,3,9-10,14H2,1-2H3,(H,26,32)(H2,27,28,29,30)/t21-/m1/s1. The molecule has 0 spiro atoms. The minimum Gasteiger partial charge on any atom is -0.497 e. The Kier molecular flexibility index (Phi) is 7.41. The molecule has 4 N–H and O–H groups in total. The first-order chi connectivity index (χ1) is 17.0. The van der Waals surface area contributed by atoms with Crippen molar-refractivity contribution in [3.05, 3.63) is 70.9 Å². The fourth-order valence-corrected chi connectivity index (χ4v) is 3.80. The van der Waals surface area contributed by atoms with E-state index in [1.807, 2.05) is 18.2 Å². The number of esters is 1. The van der Waals surface area contributed by atoms with Crippen LogP contribution in [0.3, 0.4) is 0 Å². The molecule has 2 aromatic carbocycles. The van der Waals surface area contributed by atoms with Gasteiger partial charge in [-0.25, -0.2) is 9.78 Å². The summed E-state index contributed by atoms with van der Waals surface area (Å²) in [6, 6.07) is 12.1. The summed E-state index contributed by atoms with van der Waals surface area (Å²) >= 11 is 0. The Hall–Kier alpha value is -4.18. The number of carbonyl (C=O) groups is 2. The molecule has 10 nitrogen and oxygen atoms in total. The van der Waals surface area contributed by atoms with Crippen LogP contribution in [-0.4, -0.2) is 53.8 Å². The lowest BCUT2D eigenvalue weighted by atomic mass is 10.00. The van der Waals surface area contributed by atoms with Gasteiger partial charge in [0, 0.05) is 24.0 Å². The van der Waals surface area contributed by atoms with Gasteiger partial charge >= 0.3 is 5.97 Å². The monoisotopic (exact) mass is 477 g/mol. The van der Waals surface area contributed by atoms with E-state index in [-0.39, 0.29) is 36.5 Å². The summed E-state index contributed by atoms with van der Waals surface area (Å²) in [4.78, 5) is 33.3. The number of hydrogen-bond acceptors (Lipinski definition) is 9. The molecular weight excluding hydrogens is 450 g/mol. The van der Waals surface area contributed by atoms with E-state index in [0.29, 0.717) is 23.5 Å². The minimum absolute atomic E-state index is 0.0908. The first kappa shape index (κ1) is 24.0. The lowest BCUT2D eigenvalue weighted by Crippen LogP contribution is -2.31. The lowest BCUT2D eigenvalue weighted by molar-refractivity contribution is 0.0526. The number of nitrogens with one attached hydrogen (secondary N) is 3. The Balaban J connectivity index is 1.64. The summed E-state index contributed by atoms with van der Waals surface area (Å²) in [6.07, 6.45) is 2.10. The van der Waals surface area contributed by atoms with Crippen LogP contribution in [0.4, 0.5) is 17.5 Å². The van der Waals surface area contributed by atoms with Gasteiger partial charge in [-0.2, -0.15) is 4.98 Å². The van der Waals surface area contributed by atoms with E-state index in [1.165, 1.54) is 6.20 Å². The van der Waals surface area contributed by atoms with Gasteiger partial charge < -0.3 is 30.5 Å². The molecule has 1 aromatic heterocycles. The van der Waals surface area contributed by atoms with Crippen molar-refractivity contribution in [2.24, 2.45) is 0 Å². The predicted octanol–water partition coefficient (Wildman–Crippen LogP) is 2.84. The molecule has 10 heteroatoms. The van der Waals surface area contributed by atoms with Crippen molar-refractivity contribution < 1.29 is 24.2 Å². The number of methoxy groups -OCH3 is 1. The maximum absolute atomic E-state index is 12.6. The third-order valence-electron chi connectivity index (χ3n) is 5.56. The van der Waals surface area contributed by atoms with Gasteiger partial charge in [0.15, 0.2) is 0 Å². The molecule has 0 saturated carbocycles. The molecule has 0 unspecified atom stereocenters. The lowest BCUT2D eigenvalue weighted by Gasteiger charge is -2.20. The first-order valence-corrected chi connectivity index (χ1v) is 11.3. The van der Waals surface area contributed by atoms with Gasteiger partial charge in [0.1, 0.15) is 17.1 Å². The van der Waals surface area contributed by atoms with Crippen molar-refractivity contribution in [3.63, 3.8) is 0 Å². The molecule has 0 radical (unpaired) electrons. The zero-order chi connectivity index (χ0) is 24.8. The Labute approximate surface area is 202 Å². The van der Waals surface area contributed by atoms with Gasteiger partial charge in [0.25, 0.3) is 5.91 Å². The summed E-state index contributed by atoms with van der Waals surface area (Å²) in [5.41, 5.74) is 3.17. The molecule has 0 saturated heterocycles. The number of ether oxygens (including phenoxy) is 2. The first-order valence-electron chi connectivity index (χ1n) is 11.3. The number of anilines is 3. The van der Waals surface area contributed by atoms with E-state index >= 15 is 0 Å². The third-order valence-corrected chi connectivity index (χ3v) is 5.56. The van der Waals surface area contributed by atoms with Gasteiger partial charge in [-0.05, 0) is 54.8 Å². The average molecular weight is 478 g/mol. The maximum Gasteiger partial charge on any atom is 0.343 e. The zero-order valence-electron chi connectivity index (χ0n) is 19.5. The molecule has 0 bridgehead atoms. The van der Waals surface area contributed by atoms with E-state index in [2.05, 4.69) is 25.9 Å². The number of hydrogen-bond donors (Lipinski definition) is 4. The normalized spacial score (nSPS) is 13.3. The van der Waals surface area contributed by atoms with Crippen LogP contribution in [0.2, 0.25) is 0 Å². The summed E-state index contributed by atoms with van der Waals surface area (Å²) < 4.78 is 10.4. The number of aliphatic hydroxyl groups excluding tert-OH is 1. The predicted molar refractivity (Wildman–Crippen MR) is 130 cm³/mol. The van der Waals surface area contributed by atoms with Gasteiger partial charge in [-0.1, -0.05) is 12.1 Å². The van der Waals surface area contributed by atoms with Crippen LogP contribution >= 0.6 is 0 Å². The Morgan fingerprint density at radius 3 is 2.89 bits per heavy atom. The van der Waals surface area contributed by atoms with Crippen LogP contribution < -0.4 is 20.7 Å². The molecule has 1 atom stereocenters. The smallest absolute Gasteiger partial charge is 0.343 e. The summed E-state index contributed by atoms with van der Waals surface area (Å²) in [6.45, 7) is 2.24. The largest absolute Gasteiger partial charge is 0.497 e. The van der Waals surface area contributed by atoms with Crippen LogP contribution in [0, 0.1) is 0 Å². The highest BCUT2D eigenvalue weighted by molar-refractivity contribution is 5.97. The second kappa shape index (κ2) is 10.8. The minimum atomic E-state index is -0.580. The molecular formula is C25H27N5O5. The van der Waals surface area contributed by atoms with Crippen molar-refractivity contribution in [2.75, 3.05) is 37.5 Å². The van der Waals surface area contributed by atoms with Gasteiger partial charge in [-0.15, -0.1) is 0 Å². The molecule has 1 amide bonds. The van der Waals surface area contributed by atoms with Crippen molar-refractivity contribution in [3.8, 4) is 5.75 Å². The van der Waals surface area contributed by atoms with E-state index in [0.717, 1.165) is 17.5 Å². The molecule has 3 aromatic rings. The number of aromatic nitrogens is 2. The second-order valence-corrected chi connectivity index (χ2v) is 7.84. The highest BCUT2D eigenvalue weighted by Gasteiger charge is 2.21. The number of aliphatic hydroxyl groups is 1. The fraction of sp³-hybridized carbons (Fsp3) is 0.280. The number of carbonyl (C=O) groups excluding carboxylic acids is 2. The number of benzene rings is 2. The summed E-state index contributed by atoms with van der Waals surface area (Å²) in [5, 5.41) is 19.2. The van der Waals surface area contributed by atoms with Crippen molar-refractivity contribution in [1.29, 1.82) is 0 Å².